The van der Waals surface area contributed by atoms with Crippen LogP contribution in [-0.4, -0.2) is 27.1 Å². The average molecular weight is 401 g/mol. The number of fused-ring (bicyclic) bond motifs is 1. The minimum Gasteiger partial charge on any atom is -0.462 e. The van der Waals surface area contributed by atoms with Gasteiger partial charge in [-0.2, -0.15) is 0 Å². The number of rotatable bonds is 4. The second-order valence-corrected chi connectivity index (χ2v) is 6.66. The van der Waals surface area contributed by atoms with Crippen LogP contribution in [0, 0.1) is 6.92 Å². The zero-order chi connectivity index (χ0) is 21.3. The summed E-state index contributed by atoms with van der Waals surface area (Å²) >= 11 is 0. The van der Waals surface area contributed by atoms with Crippen LogP contribution in [0.5, 0.6) is 0 Å². The lowest BCUT2D eigenvalue weighted by Crippen LogP contribution is -2.31. The molecule has 0 amide bonds. The van der Waals surface area contributed by atoms with Gasteiger partial charge < -0.3 is 4.74 Å². The zero-order valence-corrected chi connectivity index (χ0v) is 16.5. The standard InChI is InChI=1S/C23H19N3O4/c1-3-30-22(28)17-14(2)24-20-19(18(17)15-10-6-4-7-11-15)21(27)25-23(29)26(20)16-12-8-5-9-13-16/h4-13H,3H2,1-2H3,(H,25,27,29). The lowest BCUT2D eigenvalue weighted by Gasteiger charge is -2.16. The van der Waals surface area contributed by atoms with Crippen LogP contribution < -0.4 is 11.2 Å². The highest BCUT2D eigenvalue weighted by molar-refractivity contribution is 6.07. The Hall–Kier alpha value is -4.00. The van der Waals surface area contributed by atoms with Crippen LogP contribution in [0.15, 0.2) is 70.3 Å². The highest BCUT2D eigenvalue weighted by Crippen LogP contribution is 2.32. The fraction of sp³-hybridized carbons (Fsp3) is 0.130. The van der Waals surface area contributed by atoms with Crippen molar-refractivity contribution in [3.8, 4) is 16.8 Å². The summed E-state index contributed by atoms with van der Waals surface area (Å²) in [6.45, 7) is 3.56. The van der Waals surface area contributed by atoms with Crippen molar-refractivity contribution >= 4 is 17.0 Å². The van der Waals surface area contributed by atoms with E-state index in [0.717, 1.165) is 0 Å². The average Bonchev–Trinajstić information content (AvgIpc) is 2.74. The molecule has 2 aromatic heterocycles. The van der Waals surface area contributed by atoms with Gasteiger partial charge in [-0.1, -0.05) is 48.5 Å². The first-order valence-electron chi connectivity index (χ1n) is 9.50. The Balaban J connectivity index is 2.22. The molecule has 7 nitrogen and oxygen atoms in total. The summed E-state index contributed by atoms with van der Waals surface area (Å²) < 4.78 is 6.58. The maximum Gasteiger partial charge on any atom is 0.340 e. The molecule has 0 fully saturated rings. The Morgan fingerprint density at radius 2 is 1.67 bits per heavy atom. The Bertz CT molecular complexity index is 1360. The quantitative estimate of drug-likeness (QED) is 0.530. The third kappa shape index (κ3) is 3.20. The van der Waals surface area contributed by atoms with Crippen molar-refractivity contribution in [2.75, 3.05) is 6.61 Å². The fourth-order valence-corrected chi connectivity index (χ4v) is 3.54. The summed E-state index contributed by atoms with van der Waals surface area (Å²) in [5.74, 6) is -0.569. The number of carbonyl (C=O) groups excluding carboxylic acids is 1. The molecule has 2 heterocycles. The van der Waals surface area contributed by atoms with Gasteiger partial charge in [0.2, 0.25) is 0 Å². The number of benzene rings is 2. The Morgan fingerprint density at radius 1 is 1.03 bits per heavy atom. The number of hydrogen-bond donors (Lipinski definition) is 1. The number of hydrogen-bond acceptors (Lipinski definition) is 5. The molecule has 0 aliphatic heterocycles. The van der Waals surface area contributed by atoms with Gasteiger partial charge in [-0.25, -0.2) is 19.1 Å². The zero-order valence-electron chi connectivity index (χ0n) is 16.5. The summed E-state index contributed by atoms with van der Waals surface area (Å²) in [5.41, 5.74) is 1.14. The molecule has 0 unspecified atom stereocenters. The molecule has 4 aromatic rings. The number of aromatic nitrogens is 3. The Kier molecular flexibility index (Phi) is 5.02. The normalized spacial score (nSPS) is 10.9. The summed E-state index contributed by atoms with van der Waals surface area (Å²) in [7, 11) is 0. The minimum absolute atomic E-state index is 0.151. The van der Waals surface area contributed by atoms with Crippen LogP contribution >= 0.6 is 0 Å². The number of carbonyl (C=O) groups is 1. The van der Waals surface area contributed by atoms with Crippen molar-refractivity contribution in [1.82, 2.24) is 14.5 Å². The van der Waals surface area contributed by atoms with Crippen molar-refractivity contribution < 1.29 is 9.53 Å². The topological polar surface area (TPSA) is 94.1 Å². The number of aryl methyl sites for hydroxylation is 1. The van der Waals surface area contributed by atoms with Crippen molar-refractivity contribution in [2.24, 2.45) is 0 Å². The fourth-order valence-electron chi connectivity index (χ4n) is 3.54. The van der Waals surface area contributed by atoms with Gasteiger partial charge in [-0.15, -0.1) is 0 Å². The number of nitrogens with one attached hydrogen (secondary N) is 1. The van der Waals surface area contributed by atoms with Gasteiger partial charge in [0, 0.05) is 5.56 Å². The summed E-state index contributed by atoms with van der Waals surface area (Å²) in [6, 6.07) is 18.0. The monoisotopic (exact) mass is 401 g/mol. The first kappa shape index (κ1) is 19.3. The molecule has 150 valence electrons. The van der Waals surface area contributed by atoms with Gasteiger partial charge in [0.15, 0.2) is 5.65 Å². The van der Waals surface area contributed by atoms with E-state index in [-0.39, 0.29) is 23.2 Å². The van der Waals surface area contributed by atoms with Crippen LogP contribution in [0.1, 0.15) is 23.0 Å². The second kappa shape index (κ2) is 7.79. The van der Waals surface area contributed by atoms with Crippen molar-refractivity contribution in [1.29, 1.82) is 0 Å². The van der Waals surface area contributed by atoms with Crippen LogP contribution in [0.3, 0.4) is 0 Å². The predicted octanol–water partition coefficient (Wildman–Crippen LogP) is 3.23. The predicted molar refractivity (Wildman–Crippen MR) is 114 cm³/mol. The molecule has 0 saturated heterocycles. The van der Waals surface area contributed by atoms with E-state index >= 15 is 0 Å². The first-order chi connectivity index (χ1) is 14.5. The molecule has 0 aliphatic rings. The second-order valence-electron chi connectivity index (χ2n) is 6.66. The van der Waals surface area contributed by atoms with Crippen molar-refractivity contribution in [2.45, 2.75) is 13.8 Å². The van der Waals surface area contributed by atoms with E-state index in [1.807, 2.05) is 24.3 Å². The molecular weight excluding hydrogens is 382 g/mol. The molecule has 1 N–H and O–H groups in total. The van der Waals surface area contributed by atoms with E-state index in [9.17, 15) is 14.4 Å². The van der Waals surface area contributed by atoms with E-state index in [4.69, 9.17) is 4.74 Å². The van der Waals surface area contributed by atoms with Crippen molar-refractivity contribution in [3.05, 3.63) is 92.8 Å². The van der Waals surface area contributed by atoms with E-state index in [1.165, 1.54) is 4.57 Å². The summed E-state index contributed by atoms with van der Waals surface area (Å²) in [6.07, 6.45) is 0. The van der Waals surface area contributed by atoms with E-state index in [1.54, 1.807) is 50.2 Å². The molecule has 0 atom stereocenters. The van der Waals surface area contributed by atoms with Gasteiger partial charge >= 0.3 is 11.7 Å². The molecule has 4 rings (SSSR count). The Labute approximate surface area is 171 Å². The van der Waals surface area contributed by atoms with Gasteiger partial charge in [-0.3, -0.25) is 9.78 Å². The molecule has 0 bridgehead atoms. The highest BCUT2D eigenvalue weighted by atomic mass is 16.5. The maximum absolute atomic E-state index is 13.0. The van der Waals surface area contributed by atoms with E-state index in [2.05, 4.69) is 9.97 Å². The molecule has 2 aromatic carbocycles. The number of pyridine rings is 1. The smallest absolute Gasteiger partial charge is 0.340 e. The van der Waals surface area contributed by atoms with Crippen molar-refractivity contribution in [3.63, 3.8) is 0 Å². The van der Waals surface area contributed by atoms with E-state index in [0.29, 0.717) is 22.5 Å². The maximum atomic E-state index is 13.0. The highest BCUT2D eigenvalue weighted by Gasteiger charge is 2.25. The molecule has 30 heavy (non-hydrogen) atoms. The summed E-state index contributed by atoms with van der Waals surface area (Å²) in [5, 5.41) is 0.151. The summed E-state index contributed by atoms with van der Waals surface area (Å²) in [4.78, 5) is 45.3. The molecule has 0 spiro atoms. The number of aromatic amines is 1. The minimum atomic E-state index is -0.612. The SMILES string of the molecule is CCOC(=O)c1c(C)nc2c(c1-c1ccccc1)c(=O)[nH]c(=O)n2-c1ccccc1. The van der Waals surface area contributed by atoms with Gasteiger partial charge in [0.1, 0.15) is 0 Å². The molecule has 0 saturated carbocycles. The van der Waals surface area contributed by atoms with Gasteiger partial charge in [-0.05, 0) is 31.5 Å². The number of H-pyrrole nitrogens is 1. The molecule has 0 radical (unpaired) electrons. The van der Waals surface area contributed by atoms with Crippen LogP contribution in [0.25, 0.3) is 27.8 Å². The lowest BCUT2D eigenvalue weighted by molar-refractivity contribution is 0.0526. The van der Waals surface area contributed by atoms with E-state index < -0.39 is 17.2 Å². The first-order valence-corrected chi connectivity index (χ1v) is 9.50. The third-order valence-electron chi connectivity index (χ3n) is 4.78. The van der Waals surface area contributed by atoms with Gasteiger partial charge in [0.05, 0.1) is 28.9 Å². The third-order valence-corrected chi connectivity index (χ3v) is 4.78. The van der Waals surface area contributed by atoms with Crippen LogP contribution in [0.4, 0.5) is 0 Å². The number of para-hydroxylation sites is 1. The molecule has 0 aliphatic carbocycles. The molecule has 7 heteroatoms. The van der Waals surface area contributed by atoms with Gasteiger partial charge in [0.25, 0.3) is 5.56 Å². The van der Waals surface area contributed by atoms with Crippen LogP contribution in [-0.2, 0) is 4.74 Å². The number of ether oxygens (including phenoxy) is 1. The number of nitrogens with zero attached hydrogens (tertiary/aromatic N) is 2. The molecular formula is C23H19N3O4. The largest absolute Gasteiger partial charge is 0.462 e. The Morgan fingerprint density at radius 3 is 2.30 bits per heavy atom. The lowest BCUT2D eigenvalue weighted by atomic mass is 9.96. The number of esters is 1. The van der Waals surface area contributed by atoms with Crippen LogP contribution in [0.2, 0.25) is 0 Å².